The summed E-state index contributed by atoms with van der Waals surface area (Å²) >= 11 is 0. The Morgan fingerprint density at radius 1 is 1.31 bits per heavy atom. The molecular weight excluding hydrogens is 200 g/mol. The maximum absolute atomic E-state index is 5.38. The van der Waals surface area contributed by atoms with E-state index in [-0.39, 0.29) is 0 Å². The van der Waals surface area contributed by atoms with Gasteiger partial charge in [-0.25, -0.2) is 4.98 Å². The third-order valence-electron chi connectivity index (χ3n) is 3.06. The van der Waals surface area contributed by atoms with Crippen LogP contribution in [-0.4, -0.2) is 11.5 Å². The fourth-order valence-corrected chi connectivity index (χ4v) is 2.30. The number of nitrogens with zero attached hydrogens (tertiary/aromatic N) is 1. The molecule has 3 nitrogen and oxygen atoms in total. The van der Waals surface area contributed by atoms with Crippen LogP contribution in [0.3, 0.4) is 0 Å². The van der Waals surface area contributed by atoms with Gasteiger partial charge in [-0.05, 0) is 31.0 Å². The van der Waals surface area contributed by atoms with E-state index in [2.05, 4.69) is 28.5 Å². The second kappa shape index (κ2) is 4.10. The van der Waals surface area contributed by atoms with Crippen molar-refractivity contribution >= 4 is 0 Å². The normalized spacial score (nSPS) is 20.1. The van der Waals surface area contributed by atoms with Crippen LogP contribution >= 0.6 is 0 Å². The molecule has 1 unspecified atom stereocenters. The smallest absolute Gasteiger partial charge is 0.226 e. The summed E-state index contributed by atoms with van der Waals surface area (Å²) in [6.45, 7) is 1.10. The number of hydrogen-bond acceptors (Lipinski definition) is 3. The molecule has 0 aliphatic carbocycles. The lowest BCUT2D eigenvalue weighted by Gasteiger charge is -2.13. The van der Waals surface area contributed by atoms with Crippen LogP contribution in [0.2, 0.25) is 0 Å². The lowest BCUT2D eigenvalue weighted by Crippen LogP contribution is -2.13. The monoisotopic (exact) mass is 214 g/mol. The highest BCUT2D eigenvalue weighted by molar-refractivity contribution is 5.59. The summed E-state index contributed by atoms with van der Waals surface area (Å²) in [5.74, 6) is 0.712. The van der Waals surface area contributed by atoms with Crippen LogP contribution in [0.5, 0.6) is 0 Å². The zero-order chi connectivity index (χ0) is 10.8. The third kappa shape index (κ3) is 1.63. The maximum atomic E-state index is 5.38. The lowest BCUT2D eigenvalue weighted by atomic mass is 9.99. The van der Waals surface area contributed by atoms with Crippen LogP contribution < -0.4 is 5.32 Å². The summed E-state index contributed by atoms with van der Waals surface area (Å²) in [7, 11) is 0. The van der Waals surface area contributed by atoms with Crippen LogP contribution in [-0.2, 0) is 0 Å². The number of rotatable bonds is 2. The van der Waals surface area contributed by atoms with E-state index in [1.165, 1.54) is 18.4 Å². The first-order valence-corrected chi connectivity index (χ1v) is 5.67. The van der Waals surface area contributed by atoms with Crippen molar-refractivity contribution < 1.29 is 4.42 Å². The minimum Gasteiger partial charge on any atom is -0.445 e. The SMILES string of the molecule is c1ccc(C2CCCN2)c(-c2ncco2)c1. The average Bonchev–Trinajstić information content (AvgIpc) is 3.03. The molecule has 1 N–H and O–H groups in total. The molecule has 2 aromatic rings. The first kappa shape index (κ1) is 9.60. The fourth-order valence-electron chi connectivity index (χ4n) is 2.30. The first-order chi connectivity index (χ1) is 7.95. The zero-order valence-corrected chi connectivity index (χ0v) is 9.02. The minimum absolute atomic E-state index is 0.447. The molecule has 1 saturated heterocycles. The van der Waals surface area contributed by atoms with E-state index in [1.807, 2.05) is 6.07 Å². The molecule has 0 radical (unpaired) electrons. The quantitative estimate of drug-likeness (QED) is 0.835. The highest BCUT2D eigenvalue weighted by atomic mass is 16.3. The van der Waals surface area contributed by atoms with Gasteiger partial charge >= 0.3 is 0 Å². The van der Waals surface area contributed by atoms with E-state index in [4.69, 9.17) is 4.42 Å². The topological polar surface area (TPSA) is 38.1 Å². The number of aromatic nitrogens is 1. The molecule has 82 valence electrons. The molecule has 0 spiro atoms. The number of nitrogens with one attached hydrogen (secondary N) is 1. The van der Waals surface area contributed by atoms with Gasteiger partial charge in [0.05, 0.1) is 6.20 Å². The molecule has 1 aromatic heterocycles. The molecule has 0 bridgehead atoms. The van der Waals surface area contributed by atoms with Crippen LogP contribution in [0.4, 0.5) is 0 Å². The second-order valence-electron chi connectivity index (χ2n) is 4.07. The van der Waals surface area contributed by atoms with Crippen LogP contribution in [0, 0.1) is 0 Å². The van der Waals surface area contributed by atoms with Gasteiger partial charge in [-0.3, -0.25) is 0 Å². The Balaban J connectivity index is 2.04. The number of oxazole rings is 1. The molecule has 3 rings (SSSR count). The average molecular weight is 214 g/mol. The number of benzene rings is 1. The van der Waals surface area contributed by atoms with Gasteiger partial charge in [-0.2, -0.15) is 0 Å². The van der Waals surface area contributed by atoms with Gasteiger partial charge in [-0.15, -0.1) is 0 Å². The Labute approximate surface area is 94.5 Å². The summed E-state index contributed by atoms with van der Waals surface area (Å²) in [6, 6.07) is 8.77. The second-order valence-corrected chi connectivity index (χ2v) is 4.07. The minimum atomic E-state index is 0.447. The van der Waals surface area contributed by atoms with Crippen molar-refractivity contribution in [3.63, 3.8) is 0 Å². The van der Waals surface area contributed by atoms with Crippen molar-refractivity contribution in [3.8, 4) is 11.5 Å². The van der Waals surface area contributed by atoms with Gasteiger partial charge in [0, 0.05) is 11.6 Å². The summed E-state index contributed by atoms with van der Waals surface area (Å²) in [4.78, 5) is 4.22. The third-order valence-corrected chi connectivity index (χ3v) is 3.06. The van der Waals surface area contributed by atoms with Crippen molar-refractivity contribution in [2.24, 2.45) is 0 Å². The molecule has 16 heavy (non-hydrogen) atoms. The maximum Gasteiger partial charge on any atom is 0.226 e. The Kier molecular flexibility index (Phi) is 2.46. The van der Waals surface area contributed by atoms with E-state index in [0.29, 0.717) is 11.9 Å². The van der Waals surface area contributed by atoms with Gasteiger partial charge < -0.3 is 9.73 Å². The van der Waals surface area contributed by atoms with Crippen molar-refractivity contribution in [3.05, 3.63) is 42.3 Å². The Hall–Kier alpha value is -1.61. The Bertz CT molecular complexity index is 459. The molecule has 1 aromatic carbocycles. The van der Waals surface area contributed by atoms with E-state index < -0.39 is 0 Å². The number of hydrogen-bond donors (Lipinski definition) is 1. The van der Waals surface area contributed by atoms with Gasteiger partial charge in [0.25, 0.3) is 0 Å². The van der Waals surface area contributed by atoms with E-state index in [9.17, 15) is 0 Å². The fraction of sp³-hybridized carbons (Fsp3) is 0.308. The predicted molar refractivity (Wildman–Crippen MR) is 61.9 cm³/mol. The Morgan fingerprint density at radius 2 is 2.25 bits per heavy atom. The van der Waals surface area contributed by atoms with Crippen LogP contribution in [0.15, 0.2) is 41.1 Å². The van der Waals surface area contributed by atoms with Crippen LogP contribution in [0.25, 0.3) is 11.5 Å². The summed E-state index contributed by atoms with van der Waals surface area (Å²) in [5.41, 5.74) is 2.40. The summed E-state index contributed by atoms with van der Waals surface area (Å²) in [6.07, 6.45) is 5.74. The highest BCUT2D eigenvalue weighted by Crippen LogP contribution is 2.31. The summed E-state index contributed by atoms with van der Waals surface area (Å²) in [5, 5.41) is 3.51. The first-order valence-electron chi connectivity index (χ1n) is 5.67. The molecule has 1 fully saturated rings. The molecule has 1 aliphatic heterocycles. The summed E-state index contributed by atoms with van der Waals surface area (Å²) < 4.78 is 5.38. The van der Waals surface area contributed by atoms with Gasteiger partial charge in [0.2, 0.25) is 5.89 Å². The van der Waals surface area contributed by atoms with Gasteiger partial charge in [0.15, 0.2) is 0 Å². The standard InChI is InChI=1S/C13H14N2O/c1-2-5-11(13-15-8-9-16-13)10(4-1)12-6-3-7-14-12/h1-2,4-5,8-9,12,14H,3,6-7H2. The van der Waals surface area contributed by atoms with Crippen molar-refractivity contribution in [1.82, 2.24) is 10.3 Å². The van der Waals surface area contributed by atoms with Crippen molar-refractivity contribution in [2.45, 2.75) is 18.9 Å². The van der Waals surface area contributed by atoms with Crippen molar-refractivity contribution in [1.29, 1.82) is 0 Å². The lowest BCUT2D eigenvalue weighted by molar-refractivity contribution is 0.570. The highest BCUT2D eigenvalue weighted by Gasteiger charge is 2.20. The molecule has 0 saturated carbocycles. The molecule has 1 atom stereocenters. The molecule has 3 heteroatoms. The van der Waals surface area contributed by atoms with Gasteiger partial charge in [-0.1, -0.05) is 18.2 Å². The molecule has 2 heterocycles. The van der Waals surface area contributed by atoms with E-state index >= 15 is 0 Å². The molecule has 1 aliphatic rings. The largest absolute Gasteiger partial charge is 0.445 e. The predicted octanol–water partition coefficient (Wildman–Crippen LogP) is 2.77. The van der Waals surface area contributed by atoms with Crippen molar-refractivity contribution in [2.75, 3.05) is 6.54 Å². The zero-order valence-electron chi connectivity index (χ0n) is 9.02. The molecule has 0 amide bonds. The Morgan fingerprint density at radius 3 is 3.00 bits per heavy atom. The molecular formula is C13H14N2O. The van der Waals surface area contributed by atoms with E-state index in [1.54, 1.807) is 12.5 Å². The van der Waals surface area contributed by atoms with Gasteiger partial charge in [0.1, 0.15) is 6.26 Å². The van der Waals surface area contributed by atoms with E-state index in [0.717, 1.165) is 12.1 Å². The van der Waals surface area contributed by atoms with Crippen LogP contribution in [0.1, 0.15) is 24.4 Å².